The van der Waals surface area contributed by atoms with Gasteiger partial charge in [0.05, 0.1) is 13.2 Å². The molecule has 122 valence electrons. The highest BCUT2D eigenvalue weighted by atomic mass is 16.5. The van der Waals surface area contributed by atoms with E-state index in [0.29, 0.717) is 25.2 Å². The van der Waals surface area contributed by atoms with E-state index in [1.165, 1.54) is 32.1 Å². The number of rotatable bonds is 6. The summed E-state index contributed by atoms with van der Waals surface area (Å²) in [4.78, 5) is 14.6. The van der Waals surface area contributed by atoms with Gasteiger partial charge in [-0.15, -0.1) is 0 Å². The Bertz CT molecular complexity index is 317. The van der Waals surface area contributed by atoms with Crippen molar-refractivity contribution >= 4 is 5.91 Å². The van der Waals surface area contributed by atoms with Crippen LogP contribution < -0.4 is 10.6 Å². The maximum atomic E-state index is 12.2. The molecular formula is C16H31N3O2. The van der Waals surface area contributed by atoms with Crippen molar-refractivity contribution in [1.29, 1.82) is 0 Å². The second-order valence-electron chi connectivity index (χ2n) is 6.18. The quantitative estimate of drug-likeness (QED) is 0.772. The zero-order valence-electron chi connectivity index (χ0n) is 13.6. The molecule has 2 aliphatic rings. The first-order valence-corrected chi connectivity index (χ1v) is 8.60. The van der Waals surface area contributed by atoms with Crippen LogP contribution in [0.5, 0.6) is 0 Å². The molecule has 5 heteroatoms. The Morgan fingerprint density at radius 1 is 1.24 bits per heavy atom. The molecule has 2 rings (SSSR count). The standard InChI is InChI=1S/C16H31N3O2/c1-3-9-18-13-5-7-14(8-6-13)19-10-11-21-12-15(19)16(20)17-4-2/h13-15,18H,3-12H2,1-2H3,(H,17,20). The molecule has 0 aromatic heterocycles. The molecule has 1 heterocycles. The van der Waals surface area contributed by atoms with Crippen molar-refractivity contribution in [2.24, 2.45) is 0 Å². The lowest BCUT2D eigenvalue weighted by molar-refractivity contribution is -0.135. The highest BCUT2D eigenvalue weighted by molar-refractivity contribution is 5.82. The van der Waals surface area contributed by atoms with Gasteiger partial charge in [0.2, 0.25) is 5.91 Å². The molecular weight excluding hydrogens is 266 g/mol. The molecule has 1 unspecified atom stereocenters. The van der Waals surface area contributed by atoms with Crippen molar-refractivity contribution in [1.82, 2.24) is 15.5 Å². The normalized spacial score (nSPS) is 31.0. The number of likely N-dealkylation sites (N-methyl/N-ethyl adjacent to an activating group) is 1. The smallest absolute Gasteiger partial charge is 0.239 e. The molecule has 1 atom stereocenters. The van der Waals surface area contributed by atoms with Crippen molar-refractivity contribution in [2.75, 3.05) is 32.8 Å². The fourth-order valence-corrected chi connectivity index (χ4v) is 3.53. The van der Waals surface area contributed by atoms with Crippen LogP contribution in [0.25, 0.3) is 0 Å². The number of nitrogens with one attached hydrogen (secondary N) is 2. The largest absolute Gasteiger partial charge is 0.378 e. The third-order valence-electron chi connectivity index (χ3n) is 4.67. The molecule has 1 aliphatic heterocycles. The highest BCUT2D eigenvalue weighted by Gasteiger charge is 2.35. The van der Waals surface area contributed by atoms with E-state index >= 15 is 0 Å². The Balaban J connectivity index is 1.86. The lowest BCUT2D eigenvalue weighted by Crippen LogP contribution is -2.58. The van der Waals surface area contributed by atoms with Crippen LogP contribution in [0.15, 0.2) is 0 Å². The van der Waals surface area contributed by atoms with Gasteiger partial charge in [-0.3, -0.25) is 9.69 Å². The van der Waals surface area contributed by atoms with Gasteiger partial charge in [-0.05, 0) is 45.6 Å². The number of amides is 1. The number of morpholine rings is 1. The summed E-state index contributed by atoms with van der Waals surface area (Å²) in [6.07, 6.45) is 6.03. The molecule has 5 nitrogen and oxygen atoms in total. The number of ether oxygens (including phenoxy) is 1. The molecule has 2 N–H and O–H groups in total. The summed E-state index contributed by atoms with van der Waals surface area (Å²) >= 11 is 0. The summed E-state index contributed by atoms with van der Waals surface area (Å²) in [5, 5.41) is 6.57. The average molecular weight is 297 g/mol. The number of hydrogen-bond acceptors (Lipinski definition) is 4. The molecule has 1 aliphatic carbocycles. The summed E-state index contributed by atoms with van der Waals surface area (Å²) in [5.74, 6) is 0.128. The van der Waals surface area contributed by atoms with Crippen molar-refractivity contribution in [2.45, 2.75) is 64.1 Å². The van der Waals surface area contributed by atoms with E-state index in [9.17, 15) is 4.79 Å². The molecule has 1 saturated carbocycles. The van der Waals surface area contributed by atoms with E-state index in [2.05, 4.69) is 22.5 Å². The molecule has 0 radical (unpaired) electrons. The zero-order chi connectivity index (χ0) is 15.1. The van der Waals surface area contributed by atoms with Crippen molar-refractivity contribution in [3.8, 4) is 0 Å². The van der Waals surface area contributed by atoms with E-state index in [0.717, 1.165) is 19.7 Å². The van der Waals surface area contributed by atoms with E-state index in [-0.39, 0.29) is 11.9 Å². The second-order valence-corrected chi connectivity index (χ2v) is 6.18. The van der Waals surface area contributed by atoms with E-state index < -0.39 is 0 Å². The summed E-state index contributed by atoms with van der Waals surface area (Å²) < 4.78 is 5.53. The Labute approximate surface area is 128 Å². The maximum absolute atomic E-state index is 12.2. The first kappa shape index (κ1) is 16.7. The molecule has 21 heavy (non-hydrogen) atoms. The highest BCUT2D eigenvalue weighted by Crippen LogP contribution is 2.26. The molecule has 2 fully saturated rings. The van der Waals surface area contributed by atoms with Crippen molar-refractivity contribution < 1.29 is 9.53 Å². The maximum Gasteiger partial charge on any atom is 0.239 e. The fourth-order valence-electron chi connectivity index (χ4n) is 3.53. The fraction of sp³-hybridized carbons (Fsp3) is 0.938. The van der Waals surface area contributed by atoms with Gasteiger partial charge in [0.25, 0.3) is 0 Å². The molecule has 0 spiro atoms. The van der Waals surface area contributed by atoms with Crippen molar-refractivity contribution in [3.63, 3.8) is 0 Å². The van der Waals surface area contributed by atoms with Crippen LogP contribution in [0, 0.1) is 0 Å². The predicted octanol–water partition coefficient (Wildman–Crippen LogP) is 1.13. The number of hydrogen-bond donors (Lipinski definition) is 2. The molecule has 0 aromatic rings. The lowest BCUT2D eigenvalue weighted by Gasteiger charge is -2.43. The molecule has 0 aromatic carbocycles. The number of nitrogens with zero attached hydrogens (tertiary/aromatic N) is 1. The first-order valence-electron chi connectivity index (χ1n) is 8.60. The minimum atomic E-state index is -0.0937. The summed E-state index contributed by atoms with van der Waals surface area (Å²) in [5.41, 5.74) is 0. The van der Waals surface area contributed by atoms with Crippen LogP contribution in [0.4, 0.5) is 0 Å². The Morgan fingerprint density at radius 3 is 2.67 bits per heavy atom. The molecule has 0 bridgehead atoms. The second kappa shape index (κ2) is 8.71. The first-order chi connectivity index (χ1) is 10.3. The predicted molar refractivity (Wildman–Crippen MR) is 84.3 cm³/mol. The minimum Gasteiger partial charge on any atom is -0.378 e. The topological polar surface area (TPSA) is 53.6 Å². The summed E-state index contributed by atoms with van der Waals surface area (Å²) in [7, 11) is 0. The number of carbonyl (C=O) groups is 1. The van der Waals surface area contributed by atoms with Crippen molar-refractivity contribution in [3.05, 3.63) is 0 Å². The SMILES string of the molecule is CCCNC1CCC(N2CCOCC2C(=O)NCC)CC1. The monoisotopic (exact) mass is 297 g/mol. The van der Waals surface area contributed by atoms with Crippen LogP contribution in [0.3, 0.4) is 0 Å². The minimum absolute atomic E-state index is 0.0937. The number of carbonyl (C=O) groups excluding carboxylic acids is 1. The van der Waals surface area contributed by atoms with Gasteiger partial charge >= 0.3 is 0 Å². The summed E-state index contributed by atoms with van der Waals surface area (Å²) in [6.45, 7) is 8.17. The van der Waals surface area contributed by atoms with Gasteiger partial charge in [-0.2, -0.15) is 0 Å². The zero-order valence-corrected chi connectivity index (χ0v) is 13.6. The molecule has 1 amide bonds. The van der Waals surface area contributed by atoms with Gasteiger partial charge in [0.1, 0.15) is 6.04 Å². The van der Waals surface area contributed by atoms with Gasteiger partial charge in [0, 0.05) is 25.2 Å². The van der Waals surface area contributed by atoms with Crippen LogP contribution in [-0.4, -0.2) is 61.8 Å². The van der Waals surface area contributed by atoms with Gasteiger partial charge in [-0.25, -0.2) is 0 Å². The lowest BCUT2D eigenvalue weighted by atomic mass is 9.89. The van der Waals surface area contributed by atoms with Gasteiger partial charge in [-0.1, -0.05) is 6.92 Å². The average Bonchev–Trinajstić information content (AvgIpc) is 2.53. The molecule has 1 saturated heterocycles. The third-order valence-corrected chi connectivity index (χ3v) is 4.67. The van der Waals surface area contributed by atoms with Crippen LogP contribution >= 0.6 is 0 Å². The van der Waals surface area contributed by atoms with Gasteiger partial charge in [0.15, 0.2) is 0 Å². The van der Waals surface area contributed by atoms with E-state index in [4.69, 9.17) is 4.74 Å². The van der Waals surface area contributed by atoms with E-state index in [1.54, 1.807) is 0 Å². The summed E-state index contributed by atoms with van der Waals surface area (Å²) in [6, 6.07) is 1.12. The van der Waals surface area contributed by atoms with Crippen LogP contribution in [0.2, 0.25) is 0 Å². The Kier molecular flexibility index (Phi) is 6.93. The third kappa shape index (κ3) is 4.66. The van der Waals surface area contributed by atoms with E-state index in [1.807, 2.05) is 6.92 Å². The van der Waals surface area contributed by atoms with Crippen LogP contribution in [-0.2, 0) is 9.53 Å². The van der Waals surface area contributed by atoms with Gasteiger partial charge < -0.3 is 15.4 Å². The Morgan fingerprint density at radius 2 is 2.00 bits per heavy atom. The Hall–Kier alpha value is -0.650. The van der Waals surface area contributed by atoms with Crippen LogP contribution in [0.1, 0.15) is 46.0 Å².